The summed E-state index contributed by atoms with van der Waals surface area (Å²) in [5.41, 5.74) is 0.865. The average Bonchev–Trinajstić information content (AvgIpc) is 2.83. The highest BCUT2D eigenvalue weighted by molar-refractivity contribution is 7.99. The maximum absolute atomic E-state index is 12.6. The standard InChI is InChI=1S/C27H38N2O5S/c1-4-33-25(26(30)31)20-22-12-14-23(15-13-22)34-18-17-29(27(32)28-21(2)3)16-8-9-19-35-24-10-6-5-7-11-24/h5-7,10-15,21,25H,4,8-9,16-20H2,1-3H3,(H,28,32)(H,30,31). The molecular formula is C27H38N2O5S. The van der Waals surface area contributed by atoms with Crippen LogP contribution in [-0.4, -0.2) is 66.2 Å². The lowest BCUT2D eigenvalue weighted by molar-refractivity contribution is -0.149. The Labute approximate surface area is 213 Å². The van der Waals surface area contributed by atoms with Gasteiger partial charge < -0.3 is 24.8 Å². The van der Waals surface area contributed by atoms with Crippen LogP contribution in [0.25, 0.3) is 0 Å². The summed E-state index contributed by atoms with van der Waals surface area (Å²) < 4.78 is 11.1. The molecule has 0 bridgehead atoms. The summed E-state index contributed by atoms with van der Waals surface area (Å²) in [5, 5.41) is 12.2. The summed E-state index contributed by atoms with van der Waals surface area (Å²) in [6.07, 6.45) is 1.39. The number of hydrogen-bond donors (Lipinski definition) is 2. The number of amides is 2. The van der Waals surface area contributed by atoms with Gasteiger partial charge in [0.2, 0.25) is 0 Å². The topological polar surface area (TPSA) is 88.1 Å². The Morgan fingerprint density at radius 1 is 1.03 bits per heavy atom. The molecule has 7 nitrogen and oxygen atoms in total. The van der Waals surface area contributed by atoms with Gasteiger partial charge >= 0.3 is 12.0 Å². The van der Waals surface area contributed by atoms with Crippen molar-refractivity contribution in [3.8, 4) is 5.75 Å². The first-order valence-electron chi connectivity index (χ1n) is 12.2. The maximum atomic E-state index is 12.6. The number of carbonyl (C=O) groups excluding carboxylic acids is 1. The van der Waals surface area contributed by atoms with Gasteiger partial charge in [-0.15, -0.1) is 11.8 Å². The maximum Gasteiger partial charge on any atom is 0.333 e. The molecule has 1 atom stereocenters. The number of nitrogens with one attached hydrogen (secondary N) is 1. The quantitative estimate of drug-likeness (QED) is 0.246. The number of carbonyl (C=O) groups is 2. The van der Waals surface area contributed by atoms with Gasteiger partial charge in [0.25, 0.3) is 0 Å². The third-order valence-corrected chi connectivity index (χ3v) is 6.25. The van der Waals surface area contributed by atoms with Crippen molar-refractivity contribution in [1.29, 1.82) is 0 Å². The van der Waals surface area contributed by atoms with Crippen LogP contribution < -0.4 is 10.1 Å². The number of benzene rings is 2. The van der Waals surface area contributed by atoms with E-state index in [-0.39, 0.29) is 12.1 Å². The Kier molecular flexibility index (Phi) is 13.1. The summed E-state index contributed by atoms with van der Waals surface area (Å²) in [5.74, 6) is 0.726. The highest BCUT2D eigenvalue weighted by Crippen LogP contribution is 2.18. The summed E-state index contributed by atoms with van der Waals surface area (Å²) in [6.45, 7) is 7.56. The highest BCUT2D eigenvalue weighted by atomic mass is 32.2. The number of urea groups is 1. The monoisotopic (exact) mass is 502 g/mol. The summed E-state index contributed by atoms with van der Waals surface area (Å²) >= 11 is 1.83. The molecule has 0 aliphatic rings. The van der Waals surface area contributed by atoms with Crippen LogP contribution in [-0.2, 0) is 16.0 Å². The van der Waals surface area contributed by atoms with E-state index in [2.05, 4.69) is 17.4 Å². The third-order valence-electron chi connectivity index (χ3n) is 5.15. The van der Waals surface area contributed by atoms with Crippen LogP contribution in [0.4, 0.5) is 4.79 Å². The van der Waals surface area contributed by atoms with Crippen molar-refractivity contribution in [3.63, 3.8) is 0 Å². The van der Waals surface area contributed by atoms with Crippen LogP contribution in [0.2, 0.25) is 0 Å². The van der Waals surface area contributed by atoms with E-state index < -0.39 is 12.1 Å². The van der Waals surface area contributed by atoms with Gasteiger partial charge in [0, 0.05) is 30.5 Å². The van der Waals surface area contributed by atoms with Crippen molar-refractivity contribution in [3.05, 3.63) is 60.2 Å². The van der Waals surface area contributed by atoms with Crippen molar-refractivity contribution >= 4 is 23.8 Å². The van der Waals surface area contributed by atoms with Gasteiger partial charge in [0.1, 0.15) is 12.4 Å². The molecule has 0 aliphatic heterocycles. The van der Waals surface area contributed by atoms with E-state index in [9.17, 15) is 14.7 Å². The van der Waals surface area contributed by atoms with E-state index in [0.29, 0.717) is 38.5 Å². The van der Waals surface area contributed by atoms with Crippen molar-refractivity contribution in [1.82, 2.24) is 10.2 Å². The van der Waals surface area contributed by atoms with Gasteiger partial charge in [-0.2, -0.15) is 0 Å². The van der Waals surface area contributed by atoms with Crippen LogP contribution in [0.3, 0.4) is 0 Å². The van der Waals surface area contributed by atoms with Crippen LogP contribution in [0.15, 0.2) is 59.5 Å². The van der Waals surface area contributed by atoms with Gasteiger partial charge in [0.05, 0.1) is 6.54 Å². The van der Waals surface area contributed by atoms with E-state index in [0.717, 1.165) is 24.2 Å². The molecular weight excluding hydrogens is 464 g/mol. The number of aliphatic carboxylic acids is 1. The fourth-order valence-electron chi connectivity index (χ4n) is 3.39. The molecule has 0 saturated carbocycles. The van der Waals surface area contributed by atoms with Crippen LogP contribution in [0, 0.1) is 0 Å². The van der Waals surface area contributed by atoms with Crippen molar-refractivity contribution in [2.45, 2.75) is 57.1 Å². The minimum Gasteiger partial charge on any atom is -0.492 e. The van der Waals surface area contributed by atoms with E-state index in [1.807, 2.05) is 68.1 Å². The Bertz CT molecular complexity index is 877. The van der Waals surface area contributed by atoms with Gasteiger partial charge in [-0.3, -0.25) is 0 Å². The zero-order chi connectivity index (χ0) is 25.5. The zero-order valence-corrected chi connectivity index (χ0v) is 21.8. The molecule has 2 rings (SSSR count). The molecule has 1 unspecified atom stereocenters. The van der Waals surface area contributed by atoms with Crippen molar-refractivity contribution < 1.29 is 24.2 Å². The first kappa shape index (κ1) is 28.5. The van der Waals surface area contributed by atoms with E-state index >= 15 is 0 Å². The van der Waals surface area contributed by atoms with Gasteiger partial charge in [-0.05, 0) is 69.2 Å². The van der Waals surface area contributed by atoms with Gasteiger partial charge in [0.15, 0.2) is 6.10 Å². The Balaban J connectivity index is 1.79. The van der Waals surface area contributed by atoms with Gasteiger partial charge in [-0.1, -0.05) is 30.3 Å². The summed E-state index contributed by atoms with van der Waals surface area (Å²) in [4.78, 5) is 27.0. The number of rotatable bonds is 16. The molecule has 0 aliphatic carbocycles. The molecule has 0 heterocycles. The minimum absolute atomic E-state index is 0.0680. The van der Waals surface area contributed by atoms with Crippen molar-refractivity contribution in [2.24, 2.45) is 0 Å². The van der Waals surface area contributed by atoms with Crippen molar-refractivity contribution in [2.75, 3.05) is 32.1 Å². The predicted octanol–water partition coefficient (Wildman–Crippen LogP) is 5.09. The van der Waals surface area contributed by atoms with Crippen LogP contribution in [0.5, 0.6) is 5.75 Å². The Hall–Kier alpha value is -2.71. The second-order valence-corrected chi connectivity index (χ2v) is 9.61. The summed E-state index contributed by atoms with van der Waals surface area (Å²) in [7, 11) is 0. The van der Waals surface area contributed by atoms with Gasteiger partial charge in [-0.25, -0.2) is 9.59 Å². The minimum atomic E-state index is -0.967. The lowest BCUT2D eigenvalue weighted by atomic mass is 10.1. The molecule has 0 radical (unpaired) electrons. The predicted molar refractivity (Wildman–Crippen MR) is 140 cm³/mol. The normalized spacial score (nSPS) is 11.8. The molecule has 192 valence electrons. The largest absolute Gasteiger partial charge is 0.492 e. The zero-order valence-electron chi connectivity index (χ0n) is 20.9. The third kappa shape index (κ3) is 11.5. The molecule has 8 heteroatoms. The number of carboxylic acids is 1. The fourth-order valence-corrected chi connectivity index (χ4v) is 4.33. The lowest BCUT2D eigenvalue weighted by Crippen LogP contribution is -2.45. The molecule has 0 spiro atoms. The second kappa shape index (κ2) is 16.1. The Morgan fingerprint density at radius 2 is 1.74 bits per heavy atom. The van der Waals surface area contributed by atoms with E-state index in [4.69, 9.17) is 9.47 Å². The first-order valence-corrected chi connectivity index (χ1v) is 13.2. The Morgan fingerprint density at radius 3 is 2.37 bits per heavy atom. The smallest absolute Gasteiger partial charge is 0.333 e. The highest BCUT2D eigenvalue weighted by Gasteiger charge is 2.18. The fraction of sp³-hybridized carbons (Fsp3) is 0.481. The molecule has 35 heavy (non-hydrogen) atoms. The number of unbranched alkanes of at least 4 members (excludes halogenated alkanes) is 1. The number of thioether (sulfide) groups is 1. The molecule has 2 N–H and O–H groups in total. The van der Waals surface area contributed by atoms with Crippen LogP contribution >= 0.6 is 11.8 Å². The first-order chi connectivity index (χ1) is 16.9. The number of nitrogens with zero attached hydrogens (tertiary/aromatic N) is 1. The number of hydrogen-bond acceptors (Lipinski definition) is 5. The van der Waals surface area contributed by atoms with E-state index in [1.54, 1.807) is 11.8 Å². The summed E-state index contributed by atoms with van der Waals surface area (Å²) in [6, 6.07) is 17.6. The molecule has 0 saturated heterocycles. The molecule has 2 aromatic rings. The van der Waals surface area contributed by atoms with E-state index in [1.165, 1.54) is 4.90 Å². The number of carboxylic acid groups (broad SMARTS) is 1. The molecule has 2 amide bonds. The second-order valence-electron chi connectivity index (χ2n) is 8.44. The lowest BCUT2D eigenvalue weighted by Gasteiger charge is -2.24. The molecule has 2 aromatic carbocycles. The SMILES string of the molecule is CCOC(Cc1ccc(OCCN(CCCCSc2ccccc2)C(=O)NC(C)C)cc1)C(=O)O. The average molecular weight is 503 g/mol. The van der Waals surface area contributed by atoms with Crippen LogP contribution in [0.1, 0.15) is 39.2 Å². The molecule has 0 fully saturated rings. The molecule has 0 aromatic heterocycles. The number of ether oxygens (including phenoxy) is 2.